The van der Waals surface area contributed by atoms with E-state index in [9.17, 15) is 14.3 Å². The summed E-state index contributed by atoms with van der Waals surface area (Å²) in [6, 6.07) is 5.38. The molecule has 5 nitrogen and oxygen atoms in total. The van der Waals surface area contributed by atoms with E-state index in [1.807, 2.05) is 0 Å². The summed E-state index contributed by atoms with van der Waals surface area (Å²) in [5.41, 5.74) is 1.57. The van der Waals surface area contributed by atoms with Crippen LogP contribution in [0.2, 0.25) is 0 Å². The maximum Gasteiger partial charge on any atom is 0.311 e. The molecule has 1 heterocycles. The number of carboxylic acid groups (broad SMARTS) is 1. The van der Waals surface area contributed by atoms with Crippen molar-refractivity contribution >= 4 is 5.97 Å². The minimum absolute atomic E-state index is 0.163. The molecule has 1 N–H and O–H groups in total. The van der Waals surface area contributed by atoms with Gasteiger partial charge in [-0.25, -0.2) is 9.02 Å². The number of hydrogen-bond donors (Lipinski definition) is 1. The zero-order chi connectivity index (χ0) is 13.1. The summed E-state index contributed by atoms with van der Waals surface area (Å²) in [5, 5.41) is 16.5. The molecule has 1 aromatic carbocycles. The molecule has 0 aliphatic rings. The summed E-state index contributed by atoms with van der Waals surface area (Å²) in [6.07, 6.45) is 0.163. The van der Waals surface area contributed by atoms with Gasteiger partial charge in [0.25, 0.3) is 0 Å². The monoisotopic (exact) mass is 250 g/mol. The predicted octanol–water partition coefficient (Wildman–Crippen LogP) is 1.93. The maximum absolute atomic E-state index is 12.8. The van der Waals surface area contributed by atoms with Gasteiger partial charge in [-0.3, -0.25) is 4.79 Å². The number of aliphatic carboxylic acids is 1. The summed E-state index contributed by atoms with van der Waals surface area (Å²) in [5.74, 6) is -2.19. The van der Waals surface area contributed by atoms with Crippen LogP contribution < -0.4 is 0 Å². The van der Waals surface area contributed by atoms with Crippen molar-refractivity contribution in [2.45, 2.75) is 19.3 Å². The van der Waals surface area contributed by atoms with Crippen LogP contribution in [0.1, 0.15) is 22.9 Å². The van der Waals surface area contributed by atoms with Gasteiger partial charge in [-0.1, -0.05) is 22.4 Å². The fourth-order valence-corrected chi connectivity index (χ4v) is 1.67. The molecule has 0 amide bonds. The van der Waals surface area contributed by atoms with Crippen molar-refractivity contribution in [3.8, 4) is 0 Å². The summed E-state index contributed by atoms with van der Waals surface area (Å²) in [7, 11) is 0. The molecule has 18 heavy (non-hydrogen) atoms. The molecule has 0 radical (unpaired) electrons. The van der Waals surface area contributed by atoms with Crippen LogP contribution in [0.3, 0.4) is 0 Å². The largest absolute Gasteiger partial charge is 0.481 e. The molecule has 1 unspecified atom stereocenters. The van der Waals surface area contributed by atoms with Crippen LogP contribution in [0, 0.1) is 12.7 Å². The SMILES string of the molecule is Cc1nonc1CC(C(=O)O)c1ccc(F)cc1. The van der Waals surface area contributed by atoms with E-state index in [1.54, 1.807) is 6.92 Å². The van der Waals surface area contributed by atoms with Crippen molar-refractivity contribution < 1.29 is 18.9 Å². The molecule has 0 fully saturated rings. The molecule has 0 saturated carbocycles. The van der Waals surface area contributed by atoms with Crippen molar-refractivity contribution in [1.29, 1.82) is 0 Å². The lowest BCUT2D eigenvalue weighted by Gasteiger charge is -2.11. The number of aromatic nitrogens is 2. The first-order chi connectivity index (χ1) is 8.58. The Morgan fingerprint density at radius 3 is 2.56 bits per heavy atom. The van der Waals surface area contributed by atoms with E-state index >= 15 is 0 Å². The van der Waals surface area contributed by atoms with Gasteiger partial charge in [0, 0.05) is 6.42 Å². The number of carboxylic acids is 1. The van der Waals surface area contributed by atoms with Crippen LogP contribution >= 0.6 is 0 Å². The van der Waals surface area contributed by atoms with Crippen LogP contribution in [-0.2, 0) is 11.2 Å². The molecule has 0 aliphatic heterocycles. The number of rotatable bonds is 4. The Morgan fingerprint density at radius 2 is 2.06 bits per heavy atom. The van der Waals surface area contributed by atoms with E-state index in [-0.39, 0.29) is 6.42 Å². The maximum atomic E-state index is 12.8. The van der Waals surface area contributed by atoms with Gasteiger partial charge in [0.05, 0.1) is 5.92 Å². The summed E-state index contributed by atoms with van der Waals surface area (Å²) >= 11 is 0. The topological polar surface area (TPSA) is 76.2 Å². The van der Waals surface area contributed by atoms with Gasteiger partial charge in [-0.2, -0.15) is 0 Å². The quantitative estimate of drug-likeness (QED) is 0.897. The van der Waals surface area contributed by atoms with Gasteiger partial charge in [-0.05, 0) is 24.6 Å². The third-order valence-electron chi connectivity index (χ3n) is 2.71. The Bertz CT molecular complexity index is 551. The Hall–Kier alpha value is -2.24. The highest BCUT2D eigenvalue weighted by molar-refractivity contribution is 5.76. The molecule has 6 heteroatoms. The Labute approximate surface area is 102 Å². The van der Waals surface area contributed by atoms with Gasteiger partial charge in [0.15, 0.2) is 0 Å². The van der Waals surface area contributed by atoms with Crippen LogP contribution in [0.4, 0.5) is 4.39 Å². The second-order valence-electron chi connectivity index (χ2n) is 3.94. The van der Waals surface area contributed by atoms with E-state index in [1.165, 1.54) is 24.3 Å². The molecule has 0 saturated heterocycles. The van der Waals surface area contributed by atoms with E-state index in [0.717, 1.165) is 0 Å². The normalized spacial score (nSPS) is 12.3. The summed E-state index contributed by atoms with van der Waals surface area (Å²) in [4.78, 5) is 11.2. The molecule has 1 aromatic heterocycles. The van der Waals surface area contributed by atoms with E-state index in [4.69, 9.17) is 0 Å². The molecule has 0 aliphatic carbocycles. The smallest absolute Gasteiger partial charge is 0.311 e. The van der Waals surface area contributed by atoms with Crippen molar-refractivity contribution in [3.05, 3.63) is 47.0 Å². The van der Waals surface area contributed by atoms with Crippen molar-refractivity contribution in [3.63, 3.8) is 0 Å². The molecule has 0 bridgehead atoms. The molecular weight excluding hydrogens is 239 g/mol. The van der Waals surface area contributed by atoms with Crippen LogP contribution in [0.15, 0.2) is 28.9 Å². The van der Waals surface area contributed by atoms with E-state index < -0.39 is 17.7 Å². The fraction of sp³-hybridized carbons (Fsp3) is 0.250. The first kappa shape index (κ1) is 12.2. The second kappa shape index (κ2) is 4.95. The van der Waals surface area contributed by atoms with Crippen molar-refractivity contribution in [1.82, 2.24) is 10.3 Å². The van der Waals surface area contributed by atoms with E-state index in [0.29, 0.717) is 17.0 Å². The number of halogens is 1. The number of aryl methyl sites for hydroxylation is 1. The average Bonchev–Trinajstić information content (AvgIpc) is 2.73. The van der Waals surface area contributed by atoms with Crippen LogP contribution in [-0.4, -0.2) is 21.4 Å². The number of nitrogens with zero attached hydrogens (tertiary/aromatic N) is 2. The number of hydrogen-bond acceptors (Lipinski definition) is 4. The summed E-state index contributed by atoms with van der Waals surface area (Å²) in [6.45, 7) is 1.69. The van der Waals surface area contributed by atoms with Gasteiger partial charge < -0.3 is 5.11 Å². The predicted molar refractivity (Wildman–Crippen MR) is 59.5 cm³/mol. The lowest BCUT2D eigenvalue weighted by atomic mass is 9.94. The number of carbonyl (C=O) groups is 1. The minimum atomic E-state index is -0.996. The third-order valence-corrected chi connectivity index (χ3v) is 2.71. The highest BCUT2D eigenvalue weighted by atomic mass is 19.1. The van der Waals surface area contributed by atoms with E-state index in [2.05, 4.69) is 14.9 Å². The molecule has 2 aromatic rings. The number of benzene rings is 1. The van der Waals surface area contributed by atoms with Gasteiger partial charge in [-0.15, -0.1) is 0 Å². The van der Waals surface area contributed by atoms with Gasteiger partial charge in [0.2, 0.25) is 0 Å². The third kappa shape index (κ3) is 2.53. The zero-order valence-corrected chi connectivity index (χ0v) is 9.63. The van der Waals surface area contributed by atoms with Crippen LogP contribution in [0.25, 0.3) is 0 Å². The Balaban J connectivity index is 2.27. The lowest BCUT2D eigenvalue weighted by molar-refractivity contribution is -0.138. The fourth-order valence-electron chi connectivity index (χ4n) is 1.67. The molecule has 0 spiro atoms. The molecule has 1 atom stereocenters. The second-order valence-corrected chi connectivity index (χ2v) is 3.94. The molecule has 2 rings (SSSR count). The Kier molecular flexibility index (Phi) is 3.36. The van der Waals surface area contributed by atoms with Gasteiger partial charge in [0.1, 0.15) is 17.2 Å². The average molecular weight is 250 g/mol. The van der Waals surface area contributed by atoms with Crippen LogP contribution in [0.5, 0.6) is 0 Å². The minimum Gasteiger partial charge on any atom is -0.481 e. The first-order valence-corrected chi connectivity index (χ1v) is 5.34. The highest BCUT2D eigenvalue weighted by Crippen LogP contribution is 2.22. The zero-order valence-electron chi connectivity index (χ0n) is 9.63. The molecular formula is C12H11FN2O3. The molecule has 94 valence electrons. The van der Waals surface area contributed by atoms with Crippen molar-refractivity contribution in [2.75, 3.05) is 0 Å². The standard InChI is InChI=1S/C12H11FN2O3/c1-7-11(15-18-14-7)6-10(12(16)17)8-2-4-9(13)5-3-8/h2-5,10H,6H2,1H3,(H,16,17). The van der Waals surface area contributed by atoms with Gasteiger partial charge >= 0.3 is 5.97 Å². The Morgan fingerprint density at radius 1 is 1.39 bits per heavy atom. The first-order valence-electron chi connectivity index (χ1n) is 5.34. The van der Waals surface area contributed by atoms with Crippen molar-refractivity contribution in [2.24, 2.45) is 0 Å². The highest BCUT2D eigenvalue weighted by Gasteiger charge is 2.23. The summed E-state index contributed by atoms with van der Waals surface area (Å²) < 4.78 is 17.3. The lowest BCUT2D eigenvalue weighted by Crippen LogP contribution is -2.15.